The van der Waals surface area contributed by atoms with Crippen molar-refractivity contribution in [2.75, 3.05) is 13.7 Å². The second-order valence-corrected chi connectivity index (χ2v) is 4.06. The topological polar surface area (TPSA) is 51.6 Å². The van der Waals surface area contributed by atoms with Crippen LogP contribution in [0.5, 0.6) is 11.5 Å². The van der Waals surface area contributed by atoms with Gasteiger partial charge in [0.1, 0.15) is 17.6 Å². The van der Waals surface area contributed by atoms with Crippen molar-refractivity contribution in [3.8, 4) is 11.5 Å². The van der Waals surface area contributed by atoms with E-state index in [2.05, 4.69) is 4.98 Å². The minimum absolute atomic E-state index is 0.627. The number of hydrogen-bond donors (Lipinski definition) is 1. The van der Waals surface area contributed by atoms with Crippen LogP contribution < -0.4 is 9.47 Å². The maximum atomic E-state index is 10.3. The standard InChI is InChI=1S/C15H17NO3/c1-3-19-13-6-4-11(5-7-13)15(17)12-8-14(18-2)10-16-9-12/h4-10,15,17H,3H2,1-2H3. The first-order chi connectivity index (χ1) is 9.24. The van der Waals surface area contributed by atoms with Crippen LogP contribution >= 0.6 is 0 Å². The van der Waals surface area contributed by atoms with E-state index >= 15 is 0 Å². The number of aromatic nitrogens is 1. The number of methoxy groups -OCH3 is 1. The lowest BCUT2D eigenvalue weighted by atomic mass is 10.0. The molecule has 1 atom stereocenters. The minimum Gasteiger partial charge on any atom is -0.495 e. The molecule has 1 aromatic carbocycles. The van der Waals surface area contributed by atoms with Crippen molar-refractivity contribution in [3.05, 3.63) is 53.9 Å². The molecule has 4 nitrogen and oxygen atoms in total. The van der Waals surface area contributed by atoms with E-state index < -0.39 is 6.10 Å². The van der Waals surface area contributed by atoms with Crippen molar-refractivity contribution >= 4 is 0 Å². The molecule has 0 amide bonds. The fourth-order valence-electron chi connectivity index (χ4n) is 1.80. The van der Waals surface area contributed by atoms with E-state index in [1.165, 1.54) is 0 Å². The van der Waals surface area contributed by atoms with E-state index in [1.807, 2.05) is 31.2 Å². The van der Waals surface area contributed by atoms with Gasteiger partial charge in [-0.15, -0.1) is 0 Å². The van der Waals surface area contributed by atoms with Gasteiger partial charge >= 0.3 is 0 Å². The molecular weight excluding hydrogens is 242 g/mol. The van der Waals surface area contributed by atoms with Gasteiger partial charge in [0.05, 0.1) is 19.9 Å². The van der Waals surface area contributed by atoms with Gasteiger partial charge in [0, 0.05) is 11.8 Å². The highest BCUT2D eigenvalue weighted by Gasteiger charge is 2.11. The molecule has 1 aromatic heterocycles. The normalized spacial score (nSPS) is 11.9. The van der Waals surface area contributed by atoms with Crippen LogP contribution in [0.2, 0.25) is 0 Å². The number of hydrogen-bond acceptors (Lipinski definition) is 4. The summed E-state index contributed by atoms with van der Waals surface area (Å²) in [6, 6.07) is 9.14. The molecule has 0 bridgehead atoms. The van der Waals surface area contributed by atoms with E-state index in [0.29, 0.717) is 17.9 Å². The molecule has 0 aliphatic carbocycles. The fourth-order valence-corrected chi connectivity index (χ4v) is 1.80. The molecule has 0 radical (unpaired) electrons. The number of benzene rings is 1. The van der Waals surface area contributed by atoms with Crippen molar-refractivity contribution in [1.82, 2.24) is 4.98 Å². The zero-order valence-electron chi connectivity index (χ0n) is 11.0. The molecule has 2 aromatic rings. The first-order valence-electron chi connectivity index (χ1n) is 6.14. The Hall–Kier alpha value is -2.07. The average molecular weight is 259 g/mol. The van der Waals surface area contributed by atoms with Gasteiger partial charge in [-0.05, 0) is 30.7 Å². The second kappa shape index (κ2) is 6.20. The lowest BCUT2D eigenvalue weighted by molar-refractivity contribution is 0.219. The Bertz CT molecular complexity index is 525. The summed E-state index contributed by atoms with van der Waals surface area (Å²) in [5.41, 5.74) is 1.49. The molecule has 4 heteroatoms. The van der Waals surface area contributed by atoms with Crippen LogP contribution in [0, 0.1) is 0 Å². The molecule has 1 heterocycles. The third-order valence-electron chi connectivity index (χ3n) is 2.79. The molecule has 0 aliphatic heterocycles. The van der Waals surface area contributed by atoms with Crippen LogP contribution in [0.3, 0.4) is 0 Å². The highest BCUT2D eigenvalue weighted by molar-refractivity contribution is 5.35. The summed E-state index contributed by atoms with van der Waals surface area (Å²) in [6.45, 7) is 2.56. The van der Waals surface area contributed by atoms with E-state index in [4.69, 9.17) is 9.47 Å². The molecule has 0 fully saturated rings. The number of aliphatic hydroxyl groups is 1. The maximum Gasteiger partial charge on any atom is 0.137 e. The number of nitrogens with zero attached hydrogens (tertiary/aromatic N) is 1. The lowest BCUT2D eigenvalue weighted by Gasteiger charge is -2.12. The fraction of sp³-hybridized carbons (Fsp3) is 0.267. The molecule has 2 rings (SSSR count). The summed E-state index contributed by atoms with van der Waals surface area (Å²) in [4.78, 5) is 4.04. The summed E-state index contributed by atoms with van der Waals surface area (Å²) >= 11 is 0. The molecule has 100 valence electrons. The monoisotopic (exact) mass is 259 g/mol. The van der Waals surface area contributed by atoms with Gasteiger partial charge in [-0.2, -0.15) is 0 Å². The zero-order valence-corrected chi connectivity index (χ0v) is 11.0. The van der Waals surface area contributed by atoms with Crippen LogP contribution in [-0.4, -0.2) is 23.8 Å². The number of rotatable bonds is 5. The number of ether oxygens (including phenoxy) is 2. The van der Waals surface area contributed by atoms with Crippen molar-refractivity contribution < 1.29 is 14.6 Å². The number of pyridine rings is 1. The highest BCUT2D eigenvalue weighted by Crippen LogP contribution is 2.25. The van der Waals surface area contributed by atoms with Gasteiger partial charge in [-0.3, -0.25) is 4.98 Å². The van der Waals surface area contributed by atoms with Crippen molar-refractivity contribution in [1.29, 1.82) is 0 Å². The van der Waals surface area contributed by atoms with E-state index in [9.17, 15) is 5.11 Å². The molecule has 0 aliphatic rings. The highest BCUT2D eigenvalue weighted by atomic mass is 16.5. The van der Waals surface area contributed by atoms with Gasteiger partial charge in [0.15, 0.2) is 0 Å². The zero-order chi connectivity index (χ0) is 13.7. The Morgan fingerprint density at radius 1 is 1.11 bits per heavy atom. The summed E-state index contributed by atoms with van der Waals surface area (Å²) < 4.78 is 10.5. The summed E-state index contributed by atoms with van der Waals surface area (Å²) in [5, 5.41) is 10.3. The van der Waals surface area contributed by atoms with Gasteiger partial charge in [-0.1, -0.05) is 12.1 Å². The molecule has 0 saturated carbocycles. The first-order valence-corrected chi connectivity index (χ1v) is 6.14. The first kappa shape index (κ1) is 13.4. The molecule has 19 heavy (non-hydrogen) atoms. The largest absolute Gasteiger partial charge is 0.495 e. The molecule has 1 N–H and O–H groups in total. The lowest BCUT2D eigenvalue weighted by Crippen LogP contribution is -2.01. The number of aliphatic hydroxyl groups excluding tert-OH is 1. The van der Waals surface area contributed by atoms with Gasteiger partial charge in [0.25, 0.3) is 0 Å². The van der Waals surface area contributed by atoms with Crippen molar-refractivity contribution in [2.45, 2.75) is 13.0 Å². The Kier molecular flexibility index (Phi) is 4.36. The predicted molar refractivity (Wildman–Crippen MR) is 72.5 cm³/mol. The van der Waals surface area contributed by atoms with Gasteiger partial charge in [-0.25, -0.2) is 0 Å². The van der Waals surface area contributed by atoms with Gasteiger partial charge in [0.2, 0.25) is 0 Å². The van der Waals surface area contributed by atoms with Crippen LogP contribution in [-0.2, 0) is 0 Å². The summed E-state index contributed by atoms with van der Waals surface area (Å²) in [5.74, 6) is 1.42. The predicted octanol–water partition coefficient (Wildman–Crippen LogP) is 2.57. The Morgan fingerprint density at radius 2 is 1.84 bits per heavy atom. The summed E-state index contributed by atoms with van der Waals surface area (Å²) in [7, 11) is 1.57. The molecule has 1 unspecified atom stereocenters. The van der Waals surface area contributed by atoms with Gasteiger partial charge < -0.3 is 14.6 Å². The minimum atomic E-state index is -0.724. The second-order valence-electron chi connectivity index (χ2n) is 4.06. The van der Waals surface area contributed by atoms with E-state index in [0.717, 1.165) is 11.3 Å². The van der Waals surface area contributed by atoms with E-state index in [1.54, 1.807) is 25.6 Å². The molecule has 0 saturated heterocycles. The Balaban J connectivity index is 2.20. The van der Waals surface area contributed by atoms with Crippen molar-refractivity contribution in [3.63, 3.8) is 0 Å². The van der Waals surface area contributed by atoms with Crippen molar-refractivity contribution in [2.24, 2.45) is 0 Å². The SMILES string of the molecule is CCOc1ccc(C(O)c2cncc(OC)c2)cc1. The summed E-state index contributed by atoms with van der Waals surface area (Å²) in [6.07, 6.45) is 2.51. The maximum absolute atomic E-state index is 10.3. The smallest absolute Gasteiger partial charge is 0.137 e. The molecule has 0 spiro atoms. The average Bonchev–Trinajstić information content (AvgIpc) is 2.48. The van der Waals surface area contributed by atoms with Crippen LogP contribution in [0.15, 0.2) is 42.7 Å². The molecular formula is C15H17NO3. The van der Waals surface area contributed by atoms with Crippen LogP contribution in [0.25, 0.3) is 0 Å². The van der Waals surface area contributed by atoms with E-state index in [-0.39, 0.29) is 0 Å². The van der Waals surface area contributed by atoms with Crippen LogP contribution in [0.1, 0.15) is 24.2 Å². The quantitative estimate of drug-likeness (QED) is 0.896. The Morgan fingerprint density at radius 3 is 2.47 bits per heavy atom. The Labute approximate surface area is 112 Å². The van der Waals surface area contributed by atoms with Crippen LogP contribution in [0.4, 0.5) is 0 Å². The third kappa shape index (κ3) is 3.23. The third-order valence-corrected chi connectivity index (χ3v) is 2.79.